The van der Waals surface area contributed by atoms with Crippen molar-refractivity contribution in [2.24, 2.45) is 5.92 Å². The van der Waals surface area contributed by atoms with Crippen LogP contribution in [-0.4, -0.2) is 18.0 Å². The molecule has 1 unspecified atom stereocenters. The zero-order valence-electron chi connectivity index (χ0n) is 17.4. The lowest BCUT2D eigenvalue weighted by atomic mass is 9.90. The number of benzene rings is 3. The normalized spacial score (nSPS) is 14.2. The summed E-state index contributed by atoms with van der Waals surface area (Å²) in [5.74, 6) is -0.505. The maximum atomic E-state index is 12.6. The summed E-state index contributed by atoms with van der Waals surface area (Å²) in [4.78, 5) is 15.0. The van der Waals surface area contributed by atoms with Crippen molar-refractivity contribution in [1.82, 2.24) is 4.90 Å². The predicted octanol–water partition coefficient (Wildman–Crippen LogP) is 5.80. The van der Waals surface area contributed by atoms with Crippen molar-refractivity contribution in [3.8, 4) is 0 Å². The number of carbonyl (C=O) groups excluding carboxylic acids is 1. The zero-order valence-corrected chi connectivity index (χ0v) is 17.4. The van der Waals surface area contributed by atoms with Crippen molar-refractivity contribution in [3.05, 3.63) is 108 Å². The summed E-state index contributed by atoms with van der Waals surface area (Å²) >= 11 is 0. The van der Waals surface area contributed by atoms with Gasteiger partial charge in [-0.25, -0.2) is 0 Å². The van der Waals surface area contributed by atoms with E-state index in [0.717, 1.165) is 12.1 Å². The Labute approximate surface area is 174 Å². The molecule has 0 heterocycles. The number of hydrogen-bond acceptors (Lipinski definition) is 3. The van der Waals surface area contributed by atoms with E-state index in [1.54, 1.807) is 0 Å². The van der Waals surface area contributed by atoms with E-state index >= 15 is 0 Å². The van der Waals surface area contributed by atoms with Gasteiger partial charge >= 0.3 is 5.97 Å². The third-order valence-corrected chi connectivity index (χ3v) is 5.53. The van der Waals surface area contributed by atoms with Gasteiger partial charge in [0.15, 0.2) is 0 Å². The molecule has 0 radical (unpaired) electrons. The molecular formula is C26H29NO2. The monoisotopic (exact) mass is 387 g/mol. The highest BCUT2D eigenvalue weighted by Gasteiger charge is 2.34. The van der Waals surface area contributed by atoms with Crippen molar-refractivity contribution in [3.63, 3.8) is 0 Å². The molecule has 0 aromatic heterocycles. The van der Waals surface area contributed by atoms with Gasteiger partial charge in [0.2, 0.25) is 0 Å². The predicted molar refractivity (Wildman–Crippen MR) is 117 cm³/mol. The van der Waals surface area contributed by atoms with E-state index in [2.05, 4.69) is 72.5 Å². The van der Waals surface area contributed by atoms with Crippen molar-refractivity contribution in [1.29, 1.82) is 0 Å². The van der Waals surface area contributed by atoms with Gasteiger partial charge in [-0.2, -0.15) is 0 Å². The van der Waals surface area contributed by atoms with E-state index in [9.17, 15) is 4.79 Å². The van der Waals surface area contributed by atoms with Gasteiger partial charge in [0.1, 0.15) is 0 Å². The van der Waals surface area contributed by atoms with Crippen LogP contribution in [0.5, 0.6) is 0 Å². The topological polar surface area (TPSA) is 29.5 Å². The highest BCUT2D eigenvalue weighted by Crippen LogP contribution is 2.37. The molecule has 3 atom stereocenters. The third-order valence-electron chi connectivity index (χ3n) is 5.53. The second-order valence-corrected chi connectivity index (χ2v) is 7.41. The van der Waals surface area contributed by atoms with Crippen LogP contribution >= 0.6 is 0 Å². The fourth-order valence-corrected chi connectivity index (χ4v) is 3.93. The van der Waals surface area contributed by atoms with Crippen molar-refractivity contribution < 1.29 is 9.53 Å². The van der Waals surface area contributed by atoms with Crippen molar-refractivity contribution >= 4 is 5.97 Å². The Bertz CT molecular complexity index is 880. The highest BCUT2D eigenvalue weighted by molar-refractivity contribution is 5.73. The number of esters is 1. The fourth-order valence-electron chi connectivity index (χ4n) is 3.93. The molecule has 3 aromatic carbocycles. The van der Waals surface area contributed by atoms with E-state index in [1.165, 1.54) is 18.2 Å². The maximum absolute atomic E-state index is 12.6. The third kappa shape index (κ3) is 5.12. The van der Waals surface area contributed by atoms with Crippen LogP contribution in [0.25, 0.3) is 0 Å². The molecule has 3 aromatic rings. The number of ether oxygens (including phenoxy) is 1. The number of nitrogens with zero attached hydrogens (tertiary/aromatic N) is 1. The minimum atomic E-state index is -0.308. The molecule has 0 spiro atoms. The first-order valence-electron chi connectivity index (χ1n) is 10.1. The zero-order chi connectivity index (χ0) is 20.6. The molecule has 0 saturated heterocycles. The molecule has 0 N–H and O–H groups in total. The van der Waals surface area contributed by atoms with Crippen molar-refractivity contribution in [2.75, 3.05) is 7.11 Å². The molecule has 29 heavy (non-hydrogen) atoms. The fraction of sp³-hybridized carbons (Fsp3) is 0.269. The average Bonchev–Trinajstić information content (AvgIpc) is 2.79. The van der Waals surface area contributed by atoms with Gasteiger partial charge in [0, 0.05) is 18.6 Å². The van der Waals surface area contributed by atoms with Crippen LogP contribution in [0.2, 0.25) is 0 Å². The Balaban J connectivity index is 2.07. The Hall–Kier alpha value is -2.91. The first kappa shape index (κ1) is 20.8. The van der Waals surface area contributed by atoms with E-state index < -0.39 is 0 Å². The summed E-state index contributed by atoms with van der Waals surface area (Å²) in [6, 6.07) is 31.1. The minimum Gasteiger partial charge on any atom is -0.469 e. The molecule has 0 aliphatic rings. The lowest BCUT2D eigenvalue weighted by Crippen LogP contribution is -2.37. The van der Waals surface area contributed by atoms with Crippen LogP contribution in [0, 0.1) is 5.92 Å². The Morgan fingerprint density at radius 3 is 1.79 bits per heavy atom. The maximum Gasteiger partial charge on any atom is 0.310 e. The molecule has 0 aliphatic heterocycles. The largest absolute Gasteiger partial charge is 0.469 e. The molecule has 3 nitrogen and oxygen atoms in total. The molecule has 0 bridgehead atoms. The van der Waals surface area contributed by atoms with Crippen LogP contribution in [0.15, 0.2) is 91.0 Å². The molecular weight excluding hydrogens is 358 g/mol. The Kier molecular flexibility index (Phi) is 7.20. The summed E-state index contributed by atoms with van der Waals surface area (Å²) < 4.78 is 5.13. The molecule has 0 fully saturated rings. The first-order valence-corrected chi connectivity index (χ1v) is 10.1. The van der Waals surface area contributed by atoms with Gasteiger partial charge < -0.3 is 4.74 Å². The van der Waals surface area contributed by atoms with Gasteiger partial charge in [-0.1, -0.05) is 97.9 Å². The van der Waals surface area contributed by atoms with E-state index in [0.29, 0.717) is 0 Å². The van der Waals surface area contributed by atoms with Gasteiger partial charge in [-0.15, -0.1) is 0 Å². The van der Waals surface area contributed by atoms with E-state index in [-0.39, 0.29) is 24.0 Å². The van der Waals surface area contributed by atoms with Crippen LogP contribution < -0.4 is 0 Å². The quantitative estimate of drug-likeness (QED) is 0.458. The minimum absolute atomic E-state index is 0.112. The molecule has 3 heteroatoms. The second kappa shape index (κ2) is 10.0. The van der Waals surface area contributed by atoms with Gasteiger partial charge in [-0.05, 0) is 23.6 Å². The Morgan fingerprint density at radius 2 is 1.28 bits per heavy atom. The van der Waals surface area contributed by atoms with Crippen LogP contribution in [0.4, 0.5) is 0 Å². The summed E-state index contributed by atoms with van der Waals surface area (Å²) in [7, 11) is 1.46. The molecule has 0 aliphatic carbocycles. The van der Waals surface area contributed by atoms with Crippen LogP contribution in [-0.2, 0) is 16.1 Å². The smallest absolute Gasteiger partial charge is 0.310 e. The summed E-state index contributed by atoms with van der Waals surface area (Å²) in [6.07, 6.45) is 0. The number of hydrogen-bond donors (Lipinski definition) is 0. The lowest BCUT2D eigenvalue weighted by Gasteiger charge is -2.39. The van der Waals surface area contributed by atoms with Gasteiger partial charge in [-0.3, -0.25) is 9.69 Å². The van der Waals surface area contributed by atoms with Crippen LogP contribution in [0.1, 0.15) is 42.6 Å². The van der Waals surface area contributed by atoms with Crippen LogP contribution in [0.3, 0.4) is 0 Å². The van der Waals surface area contributed by atoms with Gasteiger partial charge in [0.05, 0.1) is 13.0 Å². The second-order valence-electron chi connectivity index (χ2n) is 7.41. The van der Waals surface area contributed by atoms with E-state index in [1.807, 2.05) is 37.3 Å². The summed E-state index contributed by atoms with van der Waals surface area (Å²) in [6.45, 7) is 4.90. The lowest BCUT2D eigenvalue weighted by molar-refractivity contribution is -0.148. The van der Waals surface area contributed by atoms with Gasteiger partial charge in [0.25, 0.3) is 0 Å². The summed E-state index contributed by atoms with van der Waals surface area (Å²) in [5, 5.41) is 0. The standard InChI is InChI=1S/C26H29NO2/c1-20(26(28)29-3)25(24-17-11-6-12-18-24)27(19-22-13-7-4-8-14-22)21(2)23-15-9-5-10-16-23/h4-18,20-21,25H,19H2,1-3H3/t20-,21-,25?/m0/s1. The molecule has 3 rings (SSSR count). The summed E-state index contributed by atoms with van der Waals surface area (Å²) in [5.41, 5.74) is 3.55. The number of carbonyl (C=O) groups is 1. The number of methoxy groups -OCH3 is 1. The molecule has 150 valence electrons. The average molecular weight is 388 g/mol. The first-order chi connectivity index (χ1) is 14.1. The SMILES string of the molecule is COC(=O)[C@@H](C)C(c1ccccc1)N(Cc1ccccc1)[C@@H](C)c1ccccc1. The highest BCUT2D eigenvalue weighted by atomic mass is 16.5. The Morgan fingerprint density at radius 1 is 0.793 bits per heavy atom. The van der Waals surface area contributed by atoms with Crippen molar-refractivity contribution in [2.45, 2.75) is 32.5 Å². The molecule has 0 amide bonds. The van der Waals surface area contributed by atoms with E-state index in [4.69, 9.17) is 4.74 Å². The number of rotatable bonds is 8. The molecule has 0 saturated carbocycles.